The molecule has 6 rings (SSSR count). The Labute approximate surface area is 275 Å². The normalized spacial score (nSPS) is 10.2. The second kappa shape index (κ2) is 19.4. The largest absolute Gasteiger partial charge is 0.508 e. The van der Waals surface area contributed by atoms with Gasteiger partial charge in [-0.2, -0.15) is 0 Å². The van der Waals surface area contributed by atoms with E-state index in [1.807, 2.05) is 91.0 Å². The van der Waals surface area contributed by atoms with E-state index in [9.17, 15) is 0 Å². The van der Waals surface area contributed by atoms with E-state index in [1.165, 1.54) is 33.4 Å². The zero-order valence-electron chi connectivity index (χ0n) is 25.7. The lowest BCUT2D eigenvalue weighted by Gasteiger charge is -2.01. The van der Waals surface area contributed by atoms with E-state index in [4.69, 9.17) is 34.6 Å². The molecular formula is C39H39O7P. The van der Waals surface area contributed by atoms with E-state index < -0.39 is 7.82 Å². The van der Waals surface area contributed by atoms with E-state index in [0.29, 0.717) is 17.2 Å². The molecule has 6 aromatic rings. The molecule has 7 nitrogen and oxygen atoms in total. The average Bonchev–Trinajstić information content (AvgIpc) is 3.06. The summed E-state index contributed by atoms with van der Waals surface area (Å²) < 4.78 is 8.88. The fraction of sp³-hybridized carbons (Fsp3) is 0.0769. The van der Waals surface area contributed by atoms with Gasteiger partial charge >= 0.3 is 7.82 Å². The van der Waals surface area contributed by atoms with Crippen LogP contribution in [0.25, 0.3) is 0 Å². The predicted molar refractivity (Wildman–Crippen MR) is 186 cm³/mol. The number of phenols is 3. The van der Waals surface area contributed by atoms with Crippen molar-refractivity contribution in [3.05, 3.63) is 197 Å². The van der Waals surface area contributed by atoms with Gasteiger partial charge in [-0.05, 0) is 89.0 Å². The SMILES string of the molecule is O=P(O)(O)O.Oc1ccc(Cc2ccccc2)cc1.Oc1ccc(Cc2ccccc2)cc1.Oc1ccc(Cc2ccccc2)cc1. The summed E-state index contributed by atoms with van der Waals surface area (Å²) in [7, 11) is -4.64. The maximum Gasteiger partial charge on any atom is 0.466 e. The Morgan fingerprint density at radius 1 is 0.319 bits per heavy atom. The third-order valence-corrected chi connectivity index (χ3v) is 6.56. The monoisotopic (exact) mass is 650 g/mol. The van der Waals surface area contributed by atoms with Crippen molar-refractivity contribution in [2.24, 2.45) is 0 Å². The lowest BCUT2D eigenvalue weighted by molar-refractivity contribution is 0.275. The fourth-order valence-corrected chi connectivity index (χ4v) is 4.34. The van der Waals surface area contributed by atoms with Gasteiger partial charge in [-0.3, -0.25) is 0 Å². The van der Waals surface area contributed by atoms with Crippen LogP contribution in [0.4, 0.5) is 0 Å². The van der Waals surface area contributed by atoms with Gasteiger partial charge in [-0.15, -0.1) is 0 Å². The standard InChI is InChI=1S/3C13H12O.H3O4P/c3*14-13-8-6-12(7-9-13)10-11-4-2-1-3-5-11;1-5(2,3)4/h3*1-9,14H,10H2;(H3,1,2,3,4). The first kappa shape index (κ1) is 36.3. The predicted octanol–water partition coefficient (Wildman–Crippen LogP) is 8.02. The summed E-state index contributed by atoms with van der Waals surface area (Å²) in [5.74, 6) is 0.963. The first-order valence-electron chi connectivity index (χ1n) is 14.8. The number of benzene rings is 6. The highest BCUT2D eigenvalue weighted by atomic mass is 31.2. The third kappa shape index (κ3) is 16.6. The van der Waals surface area contributed by atoms with Crippen molar-refractivity contribution in [2.75, 3.05) is 0 Å². The van der Waals surface area contributed by atoms with E-state index in [2.05, 4.69) is 36.4 Å². The molecule has 0 saturated heterocycles. The minimum absolute atomic E-state index is 0.321. The number of phenolic OH excluding ortho intramolecular Hbond substituents is 3. The van der Waals surface area contributed by atoms with Crippen molar-refractivity contribution in [3.8, 4) is 17.2 Å². The highest BCUT2D eigenvalue weighted by Gasteiger charge is 2.00. The minimum atomic E-state index is -4.64. The minimum Gasteiger partial charge on any atom is -0.508 e. The van der Waals surface area contributed by atoms with Gasteiger partial charge in [0.15, 0.2) is 0 Å². The van der Waals surface area contributed by atoms with E-state index in [0.717, 1.165) is 19.3 Å². The van der Waals surface area contributed by atoms with Gasteiger partial charge in [0, 0.05) is 0 Å². The van der Waals surface area contributed by atoms with E-state index in [1.54, 1.807) is 36.4 Å². The van der Waals surface area contributed by atoms with Crippen molar-refractivity contribution >= 4 is 7.82 Å². The summed E-state index contributed by atoms with van der Waals surface area (Å²) in [4.78, 5) is 21.6. The van der Waals surface area contributed by atoms with E-state index >= 15 is 0 Å². The summed E-state index contributed by atoms with van der Waals surface area (Å²) in [5, 5.41) is 27.4. The van der Waals surface area contributed by atoms with Gasteiger partial charge in [0.05, 0.1) is 0 Å². The molecule has 0 saturated carbocycles. The zero-order chi connectivity index (χ0) is 33.9. The quantitative estimate of drug-likeness (QED) is 0.100. The first-order chi connectivity index (χ1) is 22.5. The molecule has 0 spiro atoms. The van der Waals surface area contributed by atoms with Crippen LogP contribution >= 0.6 is 7.82 Å². The van der Waals surface area contributed by atoms with Crippen molar-refractivity contribution in [1.82, 2.24) is 0 Å². The number of hydrogen-bond acceptors (Lipinski definition) is 4. The Morgan fingerprint density at radius 2 is 0.489 bits per heavy atom. The first-order valence-corrected chi connectivity index (χ1v) is 16.3. The van der Waals surface area contributed by atoms with Crippen LogP contribution in [0.3, 0.4) is 0 Å². The van der Waals surface area contributed by atoms with Crippen LogP contribution in [-0.4, -0.2) is 30.0 Å². The topological polar surface area (TPSA) is 138 Å². The highest BCUT2D eigenvalue weighted by Crippen LogP contribution is 2.25. The van der Waals surface area contributed by atoms with Crippen molar-refractivity contribution in [3.63, 3.8) is 0 Å². The van der Waals surface area contributed by atoms with Gasteiger partial charge in [-0.1, -0.05) is 127 Å². The van der Waals surface area contributed by atoms with Crippen LogP contribution in [0.1, 0.15) is 33.4 Å². The molecule has 6 aromatic carbocycles. The molecule has 0 aliphatic rings. The lowest BCUT2D eigenvalue weighted by Crippen LogP contribution is -1.86. The molecule has 0 atom stereocenters. The highest BCUT2D eigenvalue weighted by molar-refractivity contribution is 7.45. The molecule has 0 bridgehead atoms. The molecule has 8 heteroatoms. The Morgan fingerprint density at radius 3 is 0.681 bits per heavy atom. The van der Waals surface area contributed by atoms with Crippen LogP contribution in [-0.2, 0) is 23.8 Å². The Bertz CT molecular complexity index is 1530. The lowest BCUT2D eigenvalue weighted by atomic mass is 10.1. The van der Waals surface area contributed by atoms with Crippen LogP contribution in [0.15, 0.2) is 164 Å². The molecule has 0 fully saturated rings. The maximum absolute atomic E-state index is 9.12. The molecule has 0 aromatic heterocycles. The van der Waals surface area contributed by atoms with Gasteiger partial charge < -0.3 is 30.0 Å². The molecular weight excluding hydrogens is 611 g/mol. The third-order valence-electron chi connectivity index (χ3n) is 6.56. The van der Waals surface area contributed by atoms with Gasteiger partial charge in [0.1, 0.15) is 17.2 Å². The summed E-state index contributed by atoms with van der Waals surface area (Å²) in [6.07, 6.45) is 2.75. The molecule has 6 N–H and O–H groups in total. The molecule has 0 amide bonds. The van der Waals surface area contributed by atoms with Gasteiger partial charge in [0.2, 0.25) is 0 Å². The fourth-order valence-electron chi connectivity index (χ4n) is 4.34. The Hall–Kier alpha value is -5.17. The average molecular weight is 651 g/mol. The smallest absolute Gasteiger partial charge is 0.466 e. The molecule has 0 unspecified atom stereocenters. The molecule has 0 radical (unpaired) electrons. The van der Waals surface area contributed by atoms with Crippen molar-refractivity contribution < 1.29 is 34.6 Å². The maximum atomic E-state index is 9.12. The molecule has 0 aliphatic carbocycles. The molecule has 0 aliphatic heterocycles. The Balaban J connectivity index is 0.000000179. The van der Waals surface area contributed by atoms with E-state index in [-0.39, 0.29) is 0 Å². The van der Waals surface area contributed by atoms with Crippen LogP contribution in [0.2, 0.25) is 0 Å². The number of phosphoric acid groups is 1. The number of aromatic hydroxyl groups is 3. The van der Waals surface area contributed by atoms with Crippen LogP contribution < -0.4 is 0 Å². The molecule has 47 heavy (non-hydrogen) atoms. The van der Waals surface area contributed by atoms with Gasteiger partial charge in [0.25, 0.3) is 0 Å². The van der Waals surface area contributed by atoms with Crippen LogP contribution in [0.5, 0.6) is 17.2 Å². The molecule has 0 heterocycles. The summed E-state index contributed by atoms with van der Waals surface area (Å²) in [6.45, 7) is 0. The summed E-state index contributed by atoms with van der Waals surface area (Å²) in [5.41, 5.74) is 7.52. The number of hydrogen-bond donors (Lipinski definition) is 6. The summed E-state index contributed by atoms with van der Waals surface area (Å²) >= 11 is 0. The second-order valence-electron chi connectivity index (χ2n) is 10.5. The zero-order valence-corrected chi connectivity index (χ0v) is 26.6. The van der Waals surface area contributed by atoms with Crippen LogP contribution in [0, 0.1) is 0 Å². The van der Waals surface area contributed by atoms with Gasteiger partial charge in [-0.25, -0.2) is 4.57 Å². The van der Waals surface area contributed by atoms with Crippen molar-refractivity contribution in [1.29, 1.82) is 0 Å². The Kier molecular flexibility index (Phi) is 15.0. The molecule has 242 valence electrons. The number of rotatable bonds is 6. The van der Waals surface area contributed by atoms with Crippen molar-refractivity contribution in [2.45, 2.75) is 19.3 Å². The summed E-state index contributed by atoms with van der Waals surface area (Å²) in [6, 6.07) is 52.9. The second-order valence-corrected chi connectivity index (χ2v) is 11.5.